The van der Waals surface area contributed by atoms with E-state index in [1.165, 1.54) is 38.5 Å². The molecular formula is C21H34O2. The fourth-order valence-electron chi connectivity index (χ4n) is 7.90. The molecule has 1 N–H and O–H groups in total. The molecule has 0 aromatic carbocycles. The van der Waals surface area contributed by atoms with Crippen LogP contribution in [0.25, 0.3) is 0 Å². The molecule has 0 heterocycles. The molecule has 0 aliphatic heterocycles. The Hall–Kier alpha value is -0.370. The van der Waals surface area contributed by atoms with Crippen molar-refractivity contribution in [2.45, 2.75) is 84.7 Å². The molecule has 0 bridgehead atoms. The van der Waals surface area contributed by atoms with Crippen molar-refractivity contribution in [3.63, 3.8) is 0 Å². The van der Waals surface area contributed by atoms with Gasteiger partial charge in [0.1, 0.15) is 5.78 Å². The van der Waals surface area contributed by atoms with Gasteiger partial charge in [-0.2, -0.15) is 0 Å². The van der Waals surface area contributed by atoms with Crippen LogP contribution in [0.5, 0.6) is 0 Å². The molecule has 4 aliphatic rings. The largest absolute Gasteiger partial charge is 0.393 e. The van der Waals surface area contributed by atoms with Gasteiger partial charge in [-0.05, 0) is 99.2 Å². The lowest BCUT2D eigenvalue weighted by molar-refractivity contribution is -0.138. The van der Waals surface area contributed by atoms with Crippen LogP contribution in [-0.4, -0.2) is 17.0 Å². The Morgan fingerprint density at radius 2 is 1.61 bits per heavy atom. The molecular weight excluding hydrogens is 284 g/mol. The summed E-state index contributed by atoms with van der Waals surface area (Å²) in [4.78, 5) is 12.2. The van der Waals surface area contributed by atoms with Gasteiger partial charge in [-0.15, -0.1) is 0 Å². The predicted octanol–water partition coefficient (Wildman–Crippen LogP) is 4.60. The van der Waals surface area contributed by atoms with Gasteiger partial charge in [-0.25, -0.2) is 0 Å². The van der Waals surface area contributed by atoms with E-state index in [1.807, 2.05) is 6.92 Å². The van der Waals surface area contributed by atoms with Gasteiger partial charge in [-0.1, -0.05) is 13.8 Å². The van der Waals surface area contributed by atoms with Crippen molar-refractivity contribution >= 4 is 5.78 Å². The number of Topliss-reactive ketones (excluding diaryl/α,β-unsaturated/α-hetero) is 1. The average Bonchev–Trinajstić information content (AvgIpc) is 2.85. The molecule has 8 atom stereocenters. The predicted molar refractivity (Wildman–Crippen MR) is 91.9 cm³/mol. The Labute approximate surface area is 141 Å². The van der Waals surface area contributed by atoms with E-state index in [-0.39, 0.29) is 11.5 Å². The minimum Gasteiger partial charge on any atom is -0.393 e. The maximum atomic E-state index is 12.2. The summed E-state index contributed by atoms with van der Waals surface area (Å²) in [5.41, 5.74) is 0.738. The fraction of sp³-hybridized carbons (Fsp3) is 0.952. The maximum absolute atomic E-state index is 12.2. The zero-order valence-corrected chi connectivity index (χ0v) is 15.2. The highest BCUT2D eigenvalue weighted by molar-refractivity contribution is 5.79. The minimum atomic E-state index is -0.0490. The summed E-state index contributed by atoms with van der Waals surface area (Å²) >= 11 is 0. The Morgan fingerprint density at radius 3 is 2.35 bits per heavy atom. The third-order valence-electron chi connectivity index (χ3n) is 9.13. The van der Waals surface area contributed by atoms with Crippen LogP contribution in [0.1, 0.15) is 78.6 Å². The number of rotatable bonds is 1. The van der Waals surface area contributed by atoms with Gasteiger partial charge in [0, 0.05) is 5.92 Å². The van der Waals surface area contributed by atoms with Gasteiger partial charge < -0.3 is 5.11 Å². The van der Waals surface area contributed by atoms with Gasteiger partial charge in [0.05, 0.1) is 6.10 Å². The molecule has 0 aromatic rings. The van der Waals surface area contributed by atoms with Gasteiger partial charge >= 0.3 is 0 Å². The number of aliphatic hydroxyl groups excluding tert-OH is 1. The molecule has 4 rings (SSSR count). The molecule has 4 saturated carbocycles. The van der Waals surface area contributed by atoms with E-state index in [0.717, 1.165) is 42.9 Å². The quantitative estimate of drug-likeness (QED) is 0.767. The second-order valence-electron chi connectivity index (χ2n) is 9.87. The van der Waals surface area contributed by atoms with E-state index in [2.05, 4.69) is 13.8 Å². The zero-order valence-electron chi connectivity index (χ0n) is 15.2. The molecule has 130 valence electrons. The number of hydrogen-bond acceptors (Lipinski definition) is 2. The molecule has 0 amide bonds. The molecule has 0 aromatic heterocycles. The summed E-state index contributed by atoms with van der Waals surface area (Å²) in [6, 6.07) is 0. The van der Waals surface area contributed by atoms with Gasteiger partial charge in [0.25, 0.3) is 0 Å². The van der Waals surface area contributed by atoms with Crippen LogP contribution in [0.4, 0.5) is 0 Å². The van der Waals surface area contributed by atoms with Crippen LogP contribution >= 0.6 is 0 Å². The monoisotopic (exact) mass is 318 g/mol. The number of aliphatic hydroxyl groups is 1. The van der Waals surface area contributed by atoms with Crippen LogP contribution < -0.4 is 0 Å². The first-order chi connectivity index (χ1) is 10.9. The van der Waals surface area contributed by atoms with Crippen molar-refractivity contribution in [3.05, 3.63) is 0 Å². The van der Waals surface area contributed by atoms with E-state index in [0.29, 0.717) is 17.1 Å². The van der Waals surface area contributed by atoms with Crippen molar-refractivity contribution in [1.82, 2.24) is 0 Å². The molecule has 23 heavy (non-hydrogen) atoms. The summed E-state index contributed by atoms with van der Waals surface area (Å²) in [6.07, 6.45) is 10.9. The zero-order chi connectivity index (χ0) is 16.4. The maximum Gasteiger partial charge on any atom is 0.133 e. The van der Waals surface area contributed by atoms with Crippen molar-refractivity contribution in [1.29, 1.82) is 0 Å². The number of hydrogen-bond donors (Lipinski definition) is 1. The number of carbonyl (C=O) groups is 1. The van der Waals surface area contributed by atoms with Crippen molar-refractivity contribution in [2.75, 3.05) is 0 Å². The second kappa shape index (κ2) is 5.31. The molecule has 2 heteroatoms. The van der Waals surface area contributed by atoms with Crippen molar-refractivity contribution in [3.8, 4) is 0 Å². The first kappa shape index (κ1) is 16.1. The molecule has 4 aliphatic carbocycles. The summed E-state index contributed by atoms with van der Waals surface area (Å²) in [5.74, 6) is 3.97. The van der Waals surface area contributed by atoms with Gasteiger partial charge in [0.2, 0.25) is 0 Å². The van der Waals surface area contributed by atoms with Crippen LogP contribution in [-0.2, 0) is 4.79 Å². The van der Waals surface area contributed by atoms with E-state index in [1.54, 1.807) is 0 Å². The minimum absolute atomic E-state index is 0.0490. The molecule has 0 saturated heterocycles. The smallest absolute Gasteiger partial charge is 0.133 e. The van der Waals surface area contributed by atoms with E-state index >= 15 is 0 Å². The Bertz CT molecular complexity index is 500. The highest BCUT2D eigenvalue weighted by atomic mass is 16.3. The summed E-state index contributed by atoms with van der Waals surface area (Å²) in [5, 5.41) is 10.1. The third-order valence-corrected chi connectivity index (χ3v) is 9.13. The molecule has 0 spiro atoms. The summed E-state index contributed by atoms with van der Waals surface area (Å²) in [6.45, 7) is 6.80. The molecule has 2 nitrogen and oxygen atoms in total. The van der Waals surface area contributed by atoms with E-state index in [9.17, 15) is 9.90 Å². The highest BCUT2D eigenvalue weighted by Crippen LogP contribution is 2.67. The fourth-order valence-corrected chi connectivity index (χ4v) is 7.90. The number of ketones is 1. The Balaban J connectivity index is 1.61. The van der Waals surface area contributed by atoms with Crippen LogP contribution in [0.3, 0.4) is 0 Å². The third kappa shape index (κ3) is 2.19. The first-order valence-corrected chi connectivity index (χ1v) is 10.0. The van der Waals surface area contributed by atoms with Gasteiger partial charge in [-0.3, -0.25) is 4.79 Å². The molecule has 0 radical (unpaired) electrons. The number of fused-ring (bicyclic) bond motifs is 5. The highest BCUT2D eigenvalue weighted by Gasteiger charge is 2.60. The normalized spacial score (nSPS) is 55.7. The topological polar surface area (TPSA) is 37.3 Å². The summed E-state index contributed by atoms with van der Waals surface area (Å²) < 4.78 is 0. The SMILES string of the molecule is CC(=O)[C@H]1CCC2[C@@H]3CC[C@H]4C[C@H](O)CC[C@]4(C)[C@H]3CC[C@@]21C. The average molecular weight is 319 g/mol. The Kier molecular flexibility index (Phi) is 3.72. The van der Waals surface area contributed by atoms with Crippen LogP contribution in [0, 0.1) is 40.4 Å². The van der Waals surface area contributed by atoms with E-state index in [4.69, 9.17) is 0 Å². The van der Waals surface area contributed by atoms with Crippen LogP contribution in [0.2, 0.25) is 0 Å². The van der Waals surface area contributed by atoms with Crippen LogP contribution in [0.15, 0.2) is 0 Å². The number of carbonyl (C=O) groups excluding carboxylic acids is 1. The first-order valence-electron chi connectivity index (χ1n) is 10.0. The molecule has 1 unspecified atom stereocenters. The lowest BCUT2D eigenvalue weighted by atomic mass is 9.44. The lowest BCUT2D eigenvalue weighted by Gasteiger charge is -2.60. The van der Waals surface area contributed by atoms with E-state index < -0.39 is 0 Å². The van der Waals surface area contributed by atoms with Gasteiger partial charge in [0.15, 0.2) is 0 Å². The van der Waals surface area contributed by atoms with Crippen molar-refractivity contribution in [2.24, 2.45) is 40.4 Å². The second-order valence-corrected chi connectivity index (χ2v) is 9.87. The Morgan fingerprint density at radius 1 is 0.913 bits per heavy atom. The summed E-state index contributed by atoms with van der Waals surface area (Å²) in [7, 11) is 0. The standard InChI is InChI=1S/C21H34O2/c1-13(22)17-6-7-18-16-5-4-14-12-15(23)8-10-20(14,2)19(16)9-11-21(17,18)3/h14-19,23H,4-12H2,1-3H3/t14-,15+,16-,17+,18?,19-,20-,21+/m0/s1. The van der Waals surface area contributed by atoms with Crippen molar-refractivity contribution < 1.29 is 9.90 Å². The molecule has 4 fully saturated rings. The lowest BCUT2D eigenvalue weighted by Crippen LogP contribution is -2.54.